The lowest BCUT2D eigenvalue weighted by Gasteiger charge is -2.25. The largest absolute Gasteiger partial charge is 0.477 e. The minimum atomic E-state index is -1.51. The van der Waals surface area contributed by atoms with Gasteiger partial charge in [-0.2, -0.15) is 0 Å². The molecule has 9 heteroatoms. The quantitative estimate of drug-likeness (QED) is 0.0211. The number of carbonyl (C=O) groups excluding carboxylic acids is 2. The average molecular weight is 1410 g/mol. The van der Waals surface area contributed by atoms with Crippen LogP contribution in [0, 0.1) is 0 Å². The fourth-order valence-corrected chi connectivity index (χ4v) is 12.2. The van der Waals surface area contributed by atoms with Gasteiger partial charge in [0.2, 0.25) is 0 Å². The topological polar surface area (TPSA) is 108 Å². The molecule has 0 aliphatic rings. The van der Waals surface area contributed by atoms with Crippen LogP contribution >= 0.6 is 0 Å². The molecule has 0 aliphatic heterocycles. The van der Waals surface area contributed by atoms with E-state index in [2.05, 4.69) is 135 Å². The smallest absolute Gasteiger partial charge is 0.361 e. The molecule has 0 amide bonds. The highest BCUT2D eigenvalue weighted by Gasteiger charge is 2.25. The summed E-state index contributed by atoms with van der Waals surface area (Å²) >= 11 is 0. The van der Waals surface area contributed by atoms with Crippen molar-refractivity contribution < 1.29 is 42.9 Å². The van der Waals surface area contributed by atoms with Crippen molar-refractivity contribution in [2.45, 2.75) is 399 Å². The highest BCUT2D eigenvalue weighted by atomic mass is 16.7. The number of allylic oxidation sites excluding steroid dienone is 20. The van der Waals surface area contributed by atoms with Crippen LogP contribution in [-0.2, 0) is 33.3 Å². The molecule has 101 heavy (non-hydrogen) atoms. The number of esters is 2. The Labute approximate surface area is 625 Å². The molecule has 0 bridgehead atoms. The molecule has 582 valence electrons. The molecule has 9 nitrogen and oxygen atoms in total. The van der Waals surface area contributed by atoms with E-state index in [0.717, 1.165) is 96.3 Å². The van der Waals surface area contributed by atoms with Crippen LogP contribution in [0.3, 0.4) is 0 Å². The number of quaternary nitrogens is 1. The van der Waals surface area contributed by atoms with Crippen LogP contribution in [0.1, 0.15) is 386 Å². The van der Waals surface area contributed by atoms with E-state index in [1.54, 1.807) is 0 Å². The number of aliphatic carboxylic acids is 1. The van der Waals surface area contributed by atoms with Gasteiger partial charge in [0.1, 0.15) is 13.2 Å². The number of likely N-dealkylation sites (N-methyl/N-ethyl adjacent to an activating group) is 1. The lowest BCUT2D eigenvalue weighted by Crippen LogP contribution is -2.40. The van der Waals surface area contributed by atoms with Crippen LogP contribution in [0.15, 0.2) is 122 Å². The molecule has 2 atom stereocenters. The molecule has 0 heterocycles. The maximum atomic E-state index is 13.0. The number of nitrogens with zero attached hydrogens (tertiary/aromatic N) is 1. The fourth-order valence-electron chi connectivity index (χ4n) is 12.2. The number of carbonyl (C=O) groups is 3. The van der Waals surface area contributed by atoms with E-state index in [1.165, 1.54) is 263 Å². The van der Waals surface area contributed by atoms with E-state index < -0.39 is 18.4 Å². The summed E-state index contributed by atoms with van der Waals surface area (Å²) in [7, 11) is 5.99. The van der Waals surface area contributed by atoms with Crippen LogP contribution in [-0.4, -0.2) is 87.4 Å². The maximum absolute atomic E-state index is 13.0. The molecule has 0 radical (unpaired) electrons. The lowest BCUT2D eigenvalue weighted by molar-refractivity contribution is -0.870. The fraction of sp³-hybridized carbons (Fsp3) is 0.750. The van der Waals surface area contributed by atoms with Crippen molar-refractivity contribution in [2.75, 3.05) is 47.5 Å². The normalized spacial score (nSPS) is 13.2. The average Bonchev–Trinajstić information content (AvgIpc) is 1.21. The molecule has 0 aromatic rings. The summed E-state index contributed by atoms with van der Waals surface area (Å²) in [5.74, 6) is -1.99. The van der Waals surface area contributed by atoms with Crippen molar-refractivity contribution in [2.24, 2.45) is 0 Å². The van der Waals surface area contributed by atoms with Gasteiger partial charge in [0.15, 0.2) is 6.10 Å². The van der Waals surface area contributed by atoms with Gasteiger partial charge in [-0.3, -0.25) is 9.59 Å². The number of hydrogen-bond donors (Lipinski definition) is 1. The molecule has 1 N–H and O–H groups in total. The second-order valence-corrected chi connectivity index (χ2v) is 29.8. The van der Waals surface area contributed by atoms with Crippen molar-refractivity contribution in [1.82, 2.24) is 0 Å². The minimum Gasteiger partial charge on any atom is -0.477 e. The number of hydrogen-bond acceptors (Lipinski definition) is 7. The highest BCUT2D eigenvalue weighted by molar-refractivity contribution is 5.71. The Kier molecular flexibility index (Phi) is 77.9. The molecule has 0 aromatic carbocycles. The highest BCUT2D eigenvalue weighted by Crippen LogP contribution is 2.19. The summed E-state index contributed by atoms with van der Waals surface area (Å²) in [6, 6.07) is 0. The molecular formula is C92H162NO8+. The Morgan fingerprint density at radius 3 is 0.842 bits per heavy atom. The third kappa shape index (κ3) is 82.8. The van der Waals surface area contributed by atoms with Gasteiger partial charge < -0.3 is 28.5 Å². The summed E-state index contributed by atoms with van der Waals surface area (Å²) in [6.45, 7) is 4.80. The first kappa shape index (κ1) is 96.7. The third-order valence-electron chi connectivity index (χ3n) is 18.7. The molecule has 0 fully saturated rings. The van der Waals surface area contributed by atoms with E-state index in [1.807, 2.05) is 21.1 Å². The number of ether oxygens (including phenoxy) is 4. The van der Waals surface area contributed by atoms with Crippen LogP contribution in [0.2, 0.25) is 0 Å². The zero-order valence-corrected chi connectivity index (χ0v) is 66.8. The maximum Gasteiger partial charge on any atom is 0.361 e. The number of carboxylic acids is 1. The van der Waals surface area contributed by atoms with E-state index in [4.69, 9.17) is 18.9 Å². The van der Waals surface area contributed by atoms with E-state index in [9.17, 15) is 19.5 Å². The zero-order valence-electron chi connectivity index (χ0n) is 66.8. The monoisotopic (exact) mass is 1410 g/mol. The van der Waals surface area contributed by atoms with Gasteiger partial charge in [0.05, 0.1) is 34.4 Å². The van der Waals surface area contributed by atoms with Crippen LogP contribution in [0.5, 0.6) is 0 Å². The zero-order chi connectivity index (χ0) is 73.2. The second kappa shape index (κ2) is 81.4. The Balaban J connectivity index is 3.98. The predicted octanol–water partition coefficient (Wildman–Crippen LogP) is 27.8. The standard InChI is InChI=1S/C92H161NO8/c1-6-8-10-12-14-16-18-20-22-24-26-28-30-32-34-36-38-40-42-44-45-47-49-51-53-55-57-59-61-63-65-67-69-71-73-75-77-79-81-83-90(95)101-88(87-100-92(91(96)97)98-85-84-93(3,4)5)86-99-89(94)82-80-78-76-74-72-70-68-66-64-62-60-58-56-54-52-50-48-46-43-41-39-37-35-33-31-29-27-25-23-21-19-17-15-13-11-9-7-2/h8,10,14,16,19-22,25-28,31-34,38,40,44-45,88,92H,6-7,9,11-13,15,17-18,23-24,29-30,35-37,39,41-43,46-87H2,1-5H3/p+1/b10-8-,16-14-,21-19-,22-20-,27-25-,28-26-,33-31-,34-32-,40-38-,45-44-. The van der Waals surface area contributed by atoms with Crippen molar-refractivity contribution in [1.29, 1.82) is 0 Å². The third-order valence-corrected chi connectivity index (χ3v) is 18.7. The van der Waals surface area contributed by atoms with Gasteiger partial charge >= 0.3 is 17.9 Å². The van der Waals surface area contributed by atoms with Crippen LogP contribution in [0.25, 0.3) is 0 Å². The van der Waals surface area contributed by atoms with Crippen LogP contribution in [0.4, 0.5) is 0 Å². The van der Waals surface area contributed by atoms with Crippen molar-refractivity contribution in [3.8, 4) is 0 Å². The molecule has 2 unspecified atom stereocenters. The molecule has 0 aromatic heterocycles. The van der Waals surface area contributed by atoms with Gasteiger partial charge in [0, 0.05) is 12.8 Å². The van der Waals surface area contributed by atoms with Gasteiger partial charge in [-0.25, -0.2) is 4.79 Å². The van der Waals surface area contributed by atoms with Gasteiger partial charge in [-0.1, -0.05) is 386 Å². The summed E-state index contributed by atoms with van der Waals surface area (Å²) < 4.78 is 23.1. The van der Waals surface area contributed by atoms with Crippen molar-refractivity contribution >= 4 is 17.9 Å². The predicted molar refractivity (Wildman–Crippen MR) is 438 cm³/mol. The van der Waals surface area contributed by atoms with E-state index in [-0.39, 0.29) is 38.2 Å². The number of unbranched alkanes of at least 4 members (excludes halogenated alkanes) is 44. The summed E-state index contributed by atoms with van der Waals surface area (Å²) in [4.78, 5) is 37.8. The molecule has 0 saturated heterocycles. The molecule has 0 rings (SSSR count). The van der Waals surface area contributed by atoms with Crippen molar-refractivity contribution in [3.05, 3.63) is 122 Å². The Morgan fingerprint density at radius 2 is 0.564 bits per heavy atom. The number of carboxylic acid groups (broad SMARTS) is 1. The Morgan fingerprint density at radius 1 is 0.307 bits per heavy atom. The van der Waals surface area contributed by atoms with Gasteiger partial charge in [-0.05, 0) is 109 Å². The SMILES string of the molecule is CC/C=C\C/C=C\C/C=C\C/C=C\C/C=C\C/C=C\C/C=C\CCCCCCCCCCCCCCCCCCCC(=O)OC(COC(=O)CCCCCCCCCCCCCCCCCCCCCCCC/C=C\C/C=C\C/C=C\CCCCCCC)COC(OCC[N+](C)(C)C)C(=O)O. The first-order valence-corrected chi connectivity index (χ1v) is 42.7. The van der Waals surface area contributed by atoms with E-state index in [0.29, 0.717) is 17.4 Å². The van der Waals surface area contributed by atoms with E-state index >= 15 is 0 Å². The first-order valence-electron chi connectivity index (χ1n) is 42.7. The molecule has 0 spiro atoms. The minimum absolute atomic E-state index is 0.181. The van der Waals surface area contributed by atoms with Crippen molar-refractivity contribution in [3.63, 3.8) is 0 Å². The summed E-state index contributed by atoms with van der Waals surface area (Å²) in [6.07, 6.45) is 114. The Bertz CT molecular complexity index is 2090. The lowest BCUT2D eigenvalue weighted by atomic mass is 10.0. The molecular weight excluding hydrogens is 1250 g/mol. The van der Waals surface area contributed by atoms with Gasteiger partial charge in [0.25, 0.3) is 6.29 Å². The second-order valence-electron chi connectivity index (χ2n) is 29.8. The number of rotatable bonds is 79. The Hall–Kier alpha value is -4.31. The van der Waals surface area contributed by atoms with Crippen LogP contribution < -0.4 is 0 Å². The first-order chi connectivity index (χ1) is 49.6. The summed E-state index contributed by atoms with van der Waals surface area (Å²) in [5, 5.41) is 9.79. The summed E-state index contributed by atoms with van der Waals surface area (Å²) in [5.41, 5.74) is 0. The van der Waals surface area contributed by atoms with Gasteiger partial charge in [-0.15, -0.1) is 0 Å². The molecule has 0 aliphatic carbocycles. The molecule has 0 saturated carbocycles.